The minimum Gasteiger partial charge on any atom is -0.381 e. The van der Waals surface area contributed by atoms with E-state index < -0.39 is 0 Å². The van der Waals surface area contributed by atoms with Gasteiger partial charge in [0.25, 0.3) is 0 Å². The van der Waals surface area contributed by atoms with E-state index in [9.17, 15) is 0 Å². The van der Waals surface area contributed by atoms with Crippen LogP contribution in [0.2, 0.25) is 0 Å². The molecule has 0 saturated carbocycles. The van der Waals surface area contributed by atoms with Crippen molar-refractivity contribution in [2.24, 2.45) is 5.92 Å². The van der Waals surface area contributed by atoms with Crippen LogP contribution in [0.15, 0.2) is 12.4 Å². The van der Waals surface area contributed by atoms with Crippen molar-refractivity contribution in [3.8, 4) is 0 Å². The first-order valence-corrected chi connectivity index (χ1v) is 5.36. The minimum atomic E-state index is 0.573. The summed E-state index contributed by atoms with van der Waals surface area (Å²) >= 11 is 0. The Balaban J connectivity index is 1.95. The fourth-order valence-corrected chi connectivity index (χ4v) is 1.77. The van der Waals surface area contributed by atoms with Crippen LogP contribution in [0.3, 0.4) is 0 Å². The van der Waals surface area contributed by atoms with Crippen molar-refractivity contribution in [1.82, 2.24) is 9.78 Å². The molecule has 1 unspecified atom stereocenters. The highest BCUT2D eigenvalue weighted by atomic mass is 16.5. The SMILES string of the molecule is CC(C)c1cnn(CC2CCOC2)c1. The molecule has 2 rings (SSSR count). The Morgan fingerprint density at radius 3 is 3.07 bits per heavy atom. The first-order chi connectivity index (χ1) is 6.75. The lowest BCUT2D eigenvalue weighted by Crippen LogP contribution is -2.10. The summed E-state index contributed by atoms with van der Waals surface area (Å²) in [6.07, 6.45) is 5.31. The van der Waals surface area contributed by atoms with Gasteiger partial charge in [0.05, 0.1) is 12.8 Å². The smallest absolute Gasteiger partial charge is 0.0524 e. The molecule has 0 aromatic carbocycles. The third-order valence-electron chi connectivity index (χ3n) is 2.79. The number of rotatable bonds is 3. The van der Waals surface area contributed by atoms with Crippen molar-refractivity contribution in [2.45, 2.75) is 32.7 Å². The maximum Gasteiger partial charge on any atom is 0.0524 e. The van der Waals surface area contributed by atoms with Crippen molar-refractivity contribution in [3.63, 3.8) is 0 Å². The minimum absolute atomic E-state index is 0.573. The molecule has 14 heavy (non-hydrogen) atoms. The predicted molar refractivity (Wildman–Crippen MR) is 55.2 cm³/mol. The van der Waals surface area contributed by atoms with Gasteiger partial charge < -0.3 is 4.74 Å². The molecule has 1 saturated heterocycles. The Bertz CT molecular complexity index is 287. The lowest BCUT2D eigenvalue weighted by Gasteiger charge is -2.06. The largest absolute Gasteiger partial charge is 0.381 e. The summed E-state index contributed by atoms with van der Waals surface area (Å²) in [4.78, 5) is 0. The third kappa shape index (κ3) is 2.15. The summed E-state index contributed by atoms with van der Waals surface area (Å²) in [5, 5.41) is 4.36. The molecule has 78 valence electrons. The van der Waals surface area contributed by atoms with Gasteiger partial charge in [0.2, 0.25) is 0 Å². The molecule has 1 atom stereocenters. The van der Waals surface area contributed by atoms with Gasteiger partial charge in [0.1, 0.15) is 0 Å². The van der Waals surface area contributed by atoms with Gasteiger partial charge in [0.15, 0.2) is 0 Å². The van der Waals surface area contributed by atoms with E-state index in [0.29, 0.717) is 11.8 Å². The van der Waals surface area contributed by atoms with E-state index >= 15 is 0 Å². The van der Waals surface area contributed by atoms with Gasteiger partial charge in [-0.1, -0.05) is 13.8 Å². The summed E-state index contributed by atoms with van der Waals surface area (Å²) in [6, 6.07) is 0. The van der Waals surface area contributed by atoms with Crippen LogP contribution in [0.1, 0.15) is 31.7 Å². The highest BCUT2D eigenvalue weighted by Crippen LogP contribution is 2.17. The number of hydrogen-bond acceptors (Lipinski definition) is 2. The molecule has 0 amide bonds. The second kappa shape index (κ2) is 4.13. The van der Waals surface area contributed by atoms with Gasteiger partial charge in [-0.15, -0.1) is 0 Å². The zero-order valence-corrected chi connectivity index (χ0v) is 8.94. The monoisotopic (exact) mass is 194 g/mol. The molecule has 0 spiro atoms. The number of hydrogen-bond donors (Lipinski definition) is 0. The quantitative estimate of drug-likeness (QED) is 0.736. The summed E-state index contributed by atoms with van der Waals surface area (Å²) in [7, 11) is 0. The van der Waals surface area contributed by atoms with Crippen LogP contribution >= 0.6 is 0 Å². The Morgan fingerprint density at radius 1 is 1.64 bits per heavy atom. The van der Waals surface area contributed by atoms with Gasteiger partial charge in [-0.05, 0) is 17.9 Å². The van der Waals surface area contributed by atoms with Gasteiger partial charge in [-0.3, -0.25) is 4.68 Å². The zero-order valence-electron chi connectivity index (χ0n) is 8.94. The Hall–Kier alpha value is -0.830. The Labute approximate surface area is 85.1 Å². The summed E-state index contributed by atoms with van der Waals surface area (Å²) in [6.45, 7) is 7.21. The maximum atomic E-state index is 5.34. The van der Waals surface area contributed by atoms with E-state index in [4.69, 9.17) is 4.74 Å². The summed E-state index contributed by atoms with van der Waals surface area (Å²) in [5.74, 6) is 1.23. The van der Waals surface area contributed by atoms with Crippen LogP contribution in [0, 0.1) is 5.92 Å². The van der Waals surface area contributed by atoms with Crippen molar-refractivity contribution in [2.75, 3.05) is 13.2 Å². The molecule has 1 aromatic heterocycles. The molecular formula is C11H18N2O. The maximum absolute atomic E-state index is 5.34. The fraction of sp³-hybridized carbons (Fsp3) is 0.727. The predicted octanol–water partition coefficient (Wildman–Crippen LogP) is 2.04. The first kappa shape index (κ1) is 9.71. The number of ether oxygens (including phenoxy) is 1. The van der Waals surface area contributed by atoms with Crippen molar-refractivity contribution < 1.29 is 4.74 Å². The second-order valence-corrected chi connectivity index (χ2v) is 4.38. The summed E-state index contributed by atoms with van der Waals surface area (Å²) < 4.78 is 7.39. The van der Waals surface area contributed by atoms with Gasteiger partial charge in [-0.25, -0.2) is 0 Å². The first-order valence-electron chi connectivity index (χ1n) is 5.36. The van der Waals surface area contributed by atoms with Crippen molar-refractivity contribution >= 4 is 0 Å². The molecule has 0 radical (unpaired) electrons. The van der Waals surface area contributed by atoms with Gasteiger partial charge >= 0.3 is 0 Å². The van der Waals surface area contributed by atoms with E-state index in [1.165, 1.54) is 12.0 Å². The molecular weight excluding hydrogens is 176 g/mol. The molecule has 1 aliphatic heterocycles. The zero-order chi connectivity index (χ0) is 9.97. The van der Waals surface area contributed by atoms with E-state index in [1.54, 1.807) is 0 Å². The standard InChI is InChI=1S/C11H18N2O/c1-9(2)11-5-12-13(7-11)6-10-3-4-14-8-10/h5,7,9-10H,3-4,6,8H2,1-2H3. The molecule has 1 aliphatic rings. The average Bonchev–Trinajstić information content (AvgIpc) is 2.75. The Kier molecular flexibility index (Phi) is 2.87. The Morgan fingerprint density at radius 2 is 2.50 bits per heavy atom. The fourth-order valence-electron chi connectivity index (χ4n) is 1.77. The molecule has 3 nitrogen and oxygen atoms in total. The number of aromatic nitrogens is 2. The van der Waals surface area contributed by atoms with Gasteiger partial charge in [0, 0.05) is 25.3 Å². The van der Waals surface area contributed by atoms with Crippen LogP contribution in [0.4, 0.5) is 0 Å². The van der Waals surface area contributed by atoms with Crippen LogP contribution in [-0.2, 0) is 11.3 Å². The molecule has 2 heterocycles. The van der Waals surface area contributed by atoms with Crippen LogP contribution < -0.4 is 0 Å². The molecule has 3 heteroatoms. The normalized spacial score (nSPS) is 22.1. The van der Waals surface area contributed by atoms with Gasteiger partial charge in [-0.2, -0.15) is 5.10 Å². The van der Waals surface area contributed by atoms with E-state index in [2.05, 4.69) is 29.8 Å². The van der Waals surface area contributed by atoms with E-state index in [-0.39, 0.29) is 0 Å². The van der Waals surface area contributed by atoms with E-state index in [1.807, 2.05) is 6.20 Å². The lowest BCUT2D eigenvalue weighted by atomic mass is 10.1. The highest BCUT2D eigenvalue weighted by Gasteiger charge is 2.16. The third-order valence-corrected chi connectivity index (χ3v) is 2.79. The van der Waals surface area contributed by atoms with Crippen molar-refractivity contribution in [3.05, 3.63) is 18.0 Å². The van der Waals surface area contributed by atoms with Crippen molar-refractivity contribution in [1.29, 1.82) is 0 Å². The van der Waals surface area contributed by atoms with Crippen LogP contribution in [0.5, 0.6) is 0 Å². The molecule has 0 aliphatic carbocycles. The van der Waals surface area contributed by atoms with E-state index in [0.717, 1.165) is 19.8 Å². The number of nitrogens with zero attached hydrogens (tertiary/aromatic N) is 2. The molecule has 0 N–H and O–H groups in total. The highest BCUT2D eigenvalue weighted by molar-refractivity contribution is 5.08. The van der Waals surface area contributed by atoms with Crippen LogP contribution in [0.25, 0.3) is 0 Å². The topological polar surface area (TPSA) is 27.1 Å². The molecule has 1 fully saturated rings. The molecule has 0 bridgehead atoms. The second-order valence-electron chi connectivity index (χ2n) is 4.38. The average molecular weight is 194 g/mol. The van der Waals surface area contributed by atoms with Crippen LogP contribution in [-0.4, -0.2) is 23.0 Å². The summed E-state index contributed by atoms with van der Waals surface area (Å²) in [5.41, 5.74) is 1.32. The molecule has 1 aromatic rings. The lowest BCUT2D eigenvalue weighted by molar-refractivity contribution is 0.181.